The number of esters is 2. The fourth-order valence-corrected chi connectivity index (χ4v) is 1.87. The molecule has 0 aromatic heterocycles. The number of aromatic hydroxyl groups is 1. The van der Waals surface area contributed by atoms with Gasteiger partial charge in [0, 0.05) is 19.4 Å². The monoisotopic (exact) mass is 276 g/mol. The molecule has 0 spiro atoms. The molecule has 1 aliphatic rings. The summed E-state index contributed by atoms with van der Waals surface area (Å²) in [6.07, 6.45) is 1.28. The zero-order valence-corrected chi connectivity index (χ0v) is 11.8. The van der Waals surface area contributed by atoms with Gasteiger partial charge in [0.15, 0.2) is 0 Å². The Labute approximate surface area is 116 Å². The number of phenols is 1. The molecule has 2 rings (SSSR count). The number of cyclic esters (lactones) is 2. The van der Waals surface area contributed by atoms with Crippen molar-refractivity contribution in [2.45, 2.75) is 33.5 Å². The van der Waals surface area contributed by atoms with Crippen LogP contribution in [0.2, 0.25) is 0 Å². The number of hydrogen-bond acceptors (Lipinski definition) is 5. The lowest BCUT2D eigenvalue weighted by molar-refractivity contribution is -0.222. The van der Waals surface area contributed by atoms with Gasteiger partial charge in [-0.1, -0.05) is 0 Å². The first-order valence-corrected chi connectivity index (χ1v) is 6.18. The van der Waals surface area contributed by atoms with Crippen molar-refractivity contribution in [2.75, 3.05) is 0 Å². The summed E-state index contributed by atoms with van der Waals surface area (Å²) in [5.41, 5.74) is 1.99. The Morgan fingerprint density at radius 2 is 1.55 bits per heavy atom. The summed E-state index contributed by atoms with van der Waals surface area (Å²) < 4.78 is 9.98. The van der Waals surface area contributed by atoms with Crippen LogP contribution < -0.4 is 0 Å². The summed E-state index contributed by atoms with van der Waals surface area (Å²) in [5.74, 6) is -2.80. The lowest BCUT2D eigenvalue weighted by Gasteiger charge is -2.29. The molecule has 1 heterocycles. The van der Waals surface area contributed by atoms with E-state index in [9.17, 15) is 14.7 Å². The van der Waals surface area contributed by atoms with E-state index in [1.54, 1.807) is 12.1 Å². The minimum Gasteiger partial charge on any atom is -0.507 e. The van der Waals surface area contributed by atoms with Crippen LogP contribution in [0.15, 0.2) is 17.7 Å². The minimum absolute atomic E-state index is 0.00830. The first kappa shape index (κ1) is 14.1. The van der Waals surface area contributed by atoms with Crippen molar-refractivity contribution < 1.29 is 24.2 Å². The third-order valence-corrected chi connectivity index (χ3v) is 3.06. The highest BCUT2D eigenvalue weighted by atomic mass is 16.7. The SMILES string of the molecule is Cc1cc(O)c(C=C2C(=O)OC(C)(C)OC2=O)cc1C. The van der Waals surface area contributed by atoms with E-state index in [0.29, 0.717) is 5.56 Å². The highest BCUT2D eigenvalue weighted by Crippen LogP contribution is 2.28. The van der Waals surface area contributed by atoms with Crippen LogP contribution >= 0.6 is 0 Å². The number of phenolic OH excluding ortho intramolecular Hbond substituents is 1. The molecule has 1 aromatic rings. The Morgan fingerprint density at radius 3 is 2.10 bits per heavy atom. The smallest absolute Gasteiger partial charge is 0.348 e. The Balaban J connectivity index is 2.43. The third kappa shape index (κ3) is 2.66. The molecule has 0 aliphatic carbocycles. The van der Waals surface area contributed by atoms with Crippen LogP contribution in [0.1, 0.15) is 30.5 Å². The van der Waals surface area contributed by atoms with Crippen molar-refractivity contribution in [2.24, 2.45) is 0 Å². The largest absolute Gasteiger partial charge is 0.507 e. The first-order chi connectivity index (χ1) is 9.19. The summed E-state index contributed by atoms with van der Waals surface area (Å²) in [6.45, 7) is 6.69. The quantitative estimate of drug-likeness (QED) is 0.484. The second-order valence-electron chi connectivity index (χ2n) is 5.23. The summed E-state index contributed by atoms with van der Waals surface area (Å²) in [6, 6.07) is 3.27. The summed E-state index contributed by atoms with van der Waals surface area (Å²) in [4.78, 5) is 23.6. The van der Waals surface area contributed by atoms with Gasteiger partial charge in [-0.2, -0.15) is 0 Å². The van der Waals surface area contributed by atoms with Crippen LogP contribution in [0, 0.1) is 13.8 Å². The molecule has 0 atom stereocenters. The number of benzene rings is 1. The molecule has 0 bridgehead atoms. The molecular formula is C15H16O5. The van der Waals surface area contributed by atoms with Gasteiger partial charge in [0.05, 0.1) is 0 Å². The van der Waals surface area contributed by atoms with Gasteiger partial charge in [-0.25, -0.2) is 9.59 Å². The zero-order valence-electron chi connectivity index (χ0n) is 11.8. The molecule has 1 aliphatic heterocycles. The number of carbonyl (C=O) groups is 2. The third-order valence-electron chi connectivity index (χ3n) is 3.06. The van der Waals surface area contributed by atoms with Gasteiger partial charge in [0.25, 0.3) is 5.79 Å². The van der Waals surface area contributed by atoms with Crippen molar-refractivity contribution in [3.05, 3.63) is 34.4 Å². The van der Waals surface area contributed by atoms with Gasteiger partial charge in [0.1, 0.15) is 11.3 Å². The van der Waals surface area contributed by atoms with Crippen molar-refractivity contribution in [1.29, 1.82) is 0 Å². The van der Waals surface area contributed by atoms with E-state index in [1.807, 2.05) is 13.8 Å². The molecule has 106 valence electrons. The van der Waals surface area contributed by atoms with E-state index in [1.165, 1.54) is 19.9 Å². The molecule has 1 fully saturated rings. The Hall–Kier alpha value is -2.30. The summed E-state index contributed by atoms with van der Waals surface area (Å²) >= 11 is 0. The number of carbonyl (C=O) groups excluding carboxylic acids is 2. The van der Waals surface area contributed by atoms with Crippen molar-refractivity contribution in [3.63, 3.8) is 0 Å². The maximum Gasteiger partial charge on any atom is 0.348 e. The highest BCUT2D eigenvalue weighted by Gasteiger charge is 2.38. The number of hydrogen-bond donors (Lipinski definition) is 1. The van der Waals surface area contributed by atoms with Gasteiger partial charge >= 0.3 is 11.9 Å². The fraction of sp³-hybridized carbons (Fsp3) is 0.333. The molecular weight excluding hydrogens is 260 g/mol. The normalized spacial score (nSPS) is 17.5. The van der Waals surface area contributed by atoms with Crippen LogP contribution in [0.25, 0.3) is 6.08 Å². The van der Waals surface area contributed by atoms with Crippen LogP contribution in [0.4, 0.5) is 0 Å². The molecule has 0 unspecified atom stereocenters. The standard InChI is InChI=1S/C15H16O5/c1-8-5-10(12(16)6-9(8)2)7-11-13(17)19-15(3,4)20-14(11)18/h5-7,16H,1-4H3. The average molecular weight is 276 g/mol. The van der Waals surface area contributed by atoms with Crippen LogP contribution in [-0.4, -0.2) is 22.8 Å². The summed E-state index contributed by atoms with van der Waals surface area (Å²) in [5, 5.41) is 9.87. The fourth-order valence-electron chi connectivity index (χ4n) is 1.87. The zero-order chi connectivity index (χ0) is 15.1. The Kier molecular flexibility index (Phi) is 3.29. The number of ether oxygens (including phenoxy) is 2. The second kappa shape index (κ2) is 4.67. The minimum atomic E-state index is -1.27. The van der Waals surface area contributed by atoms with E-state index in [2.05, 4.69) is 0 Å². The molecule has 0 amide bonds. The van der Waals surface area contributed by atoms with E-state index >= 15 is 0 Å². The topological polar surface area (TPSA) is 72.8 Å². The molecule has 5 heteroatoms. The van der Waals surface area contributed by atoms with Crippen molar-refractivity contribution in [1.82, 2.24) is 0 Å². The molecule has 0 saturated carbocycles. The van der Waals surface area contributed by atoms with Gasteiger partial charge in [-0.3, -0.25) is 0 Å². The lowest BCUT2D eigenvalue weighted by atomic mass is 10.0. The lowest BCUT2D eigenvalue weighted by Crippen LogP contribution is -2.41. The highest BCUT2D eigenvalue weighted by molar-refractivity contribution is 6.19. The van der Waals surface area contributed by atoms with Crippen molar-refractivity contribution in [3.8, 4) is 5.75 Å². The van der Waals surface area contributed by atoms with Crippen LogP contribution in [0.3, 0.4) is 0 Å². The number of aryl methyl sites for hydroxylation is 2. The Bertz CT molecular complexity index is 603. The van der Waals surface area contributed by atoms with Gasteiger partial charge < -0.3 is 14.6 Å². The van der Waals surface area contributed by atoms with Gasteiger partial charge in [-0.05, 0) is 43.2 Å². The Morgan fingerprint density at radius 1 is 1.05 bits per heavy atom. The van der Waals surface area contributed by atoms with E-state index in [0.717, 1.165) is 11.1 Å². The summed E-state index contributed by atoms with van der Waals surface area (Å²) in [7, 11) is 0. The maximum atomic E-state index is 11.8. The predicted molar refractivity (Wildman–Crippen MR) is 71.8 cm³/mol. The van der Waals surface area contributed by atoms with E-state index < -0.39 is 17.7 Å². The number of rotatable bonds is 1. The maximum absolute atomic E-state index is 11.8. The average Bonchev–Trinajstić information content (AvgIpc) is 2.28. The van der Waals surface area contributed by atoms with E-state index in [-0.39, 0.29) is 11.3 Å². The van der Waals surface area contributed by atoms with Gasteiger partial charge in [0.2, 0.25) is 0 Å². The molecule has 1 N–H and O–H groups in total. The van der Waals surface area contributed by atoms with Crippen LogP contribution in [0.5, 0.6) is 5.75 Å². The molecule has 1 aromatic carbocycles. The van der Waals surface area contributed by atoms with Gasteiger partial charge in [-0.15, -0.1) is 0 Å². The second-order valence-corrected chi connectivity index (χ2v) is 5.23. The molecule has 20 heavy (non-hydrogen) atoms. The molecule has 1 saturated heterocycles. The molecule has 0 radical (unpaired) electrons. The predicted octanol–water partition coefficient (Wildman–Crippen LogP) is 2.23. The van der Waals surface area contributed by atoms with Crippen molar-refractivity contribution >= 4 is 18.0 Å². The van der Waals surface area contributed by atoms with E-state index in [4.69, 9.17) is 9.47 Å². The van der Waals surface area contributed by atoms with Crippen LogP contribution in [-0.2, 0) is 19.1 Å². The molecule has 5 nitrogen and oxygen atoms in total. The first-order valence-electron chi connectivity index (χ1n) is 6.18.